The summed E-state index contributed by atoms with van der Waals surface area (Å²) in [6.45, 7) is 0. The minimum atomic E-state index is -0.618. The van der Waals surface area contributed by atoms with E-state index in [4.69, 9.17) is 23.2 Å². The number of anilines is 1. The van der Waals surface area contributed by atoms with Gasteiger partial charge in [-0.15, -0.1) is 0 Å². The summed E-state index contributed by atoms with van der Waals surface area (Å²) in [6.07, 6.45) is 1.23. The molecule has 1 amide bonds. The first-order valence-electron chi connectivity index (χ1n) is 6.96. The van der Waals surface area contributed by atoms with Crippen LogP contribution < -0.4 is 10.9 Å². The highest BCUT2D eigenvalue weighted by Crippen LogP contribution is 2.25. The monoisotopic (exact) mass is 359 g/mol. The van der Waals surface area contributed by atoms with Gasteiger partial charge in [-0.3, -0.25) is 9.59 Å². The zero-order chi connectivity index (χ0) is 17.1. The van der Waals surface area contributed by atoms with Gasteiger partial charge in [0.25, 0.3) is 11.5 Å². The Morgan fingerprint density at radius 1 is 1.08 bits per heavy atom. The number of hydrogen-bond acceptors (Lipinski definition) is 3. The Hall–Kier alpha value is -2.63. The fourth-order valence-corrected chi connectivity index (χ4v) is 2.42. The number of rotatable bonds is 3. The molecule has 5 nitrogen and oxygen atoms in total. The van der Waals surface area contributed by atoms with E-state index in [1.54, 1.807) is 12.1 Å². The Morgan fingerprint density at radius 2 is 1.83 bits per heavy atom. The fourth-order valence-electron chi connectivity index (χ4n) is 2.08. The molecule has 24 heavy (non-hydrogen) atoms. The summed E-state index contributed by atoms with van der Waals surface area (Å²) in [4.78, 5) is 31.2. The minimum Gasteiger partial charge on any atom is -0.320 e. The maximum Gasteiger partial charge on any atom is 0.264 e. The van der Waals surface area contributed by atoms with Gasteiger partial charge in [0.2, 0.25) is 0 Å². The molecule has 0 aliphatic heterocycles. The van der Waals surface area contributed by atoms with Crippen molar-refractivity contribution in [3.8, 4) is 11.4 Å². The van der Waals surface area contributed by atoms with Crippen LogP contribution in [0.3, 0.4) is 0 Å². The van der Waals surface area contributed by atoms with Crippen molar-refractivity contribution >= 4 is 34.8 Å². The standard InChI is InChI=1S/C17H11Cl2N3O2/c18-11-6-7-13(19)14(8-11)21-16(23)12-9-20-15(22-17(12)24)10-4-2-1-3-5-10/h1-9H,(H,21,23)(H,20,22,24). The first kappa shape index (κ1) is 16.2. The molecule has 1 heterocycles. The summed E-state index contributed by atoms with van der Waals surface area (Å²) in [6, 6.07) is 13.8. The Bertz CT molecular complexity index is 956. The summed E-state index contributed by atoms with van der Waals surface area (Å²) in [5.41, 5.74) is 0.408. The third kappa shape index (κ3) is 3.48. The molecule has 0 aliphatic carbocycles. The van der Waals surface area contributed by atoms with Crippen molar-refractivity contribution in [2.24, 2.45) is 0 Å². The van der Waals surface area contributed by atoms with Gasteiger partial charge in [0.1, 0.15) is 11.4 Å². The average molecular weight is 360 g/mol. The van der Waals surface area contributed by atoms with Crippen LogP contribution in [0.25, 0.3) is 11.4 Å². The molecule has 120 valence electrons. The van der Waals surface area contributed by atoms with Crippen molar-refractivity contribution in [2.75, 3.05) is 5.32 Å². The van der Waals surface area contributed by atoms with Gasteiger partial charge in [0, 0.05) is 16.8 Å². The summed E-state index contributed by atoms with van der Waals surface area (Å²) >= 11 is 11.9. The van der Waals surface area contributed by atoms with E-state index in [-0.39, 0.29) is 5.56 Å². The molecule has 0 atom stereocenters. The lowest BCUT2D eigenvalue weighted by atomic mass is 10.2. The van der Waals surface area contributed by atoms with Gasteiger partial charge in [-0.25, -0.2) is 4.98 Å². The SMILES string of the molecule is O=C(Nc1cc(Cl)ccc1Cl)c1cnc(-c2ccccc2)[nH]c1=O. The number of aromatic nitrogens is 2. The molecule has 0 fully saturated rings. The zero-order valence-electron chi connectivity index (χ0n) is 12.2. The number of amides is 1. The van der Waals surface area contributed by atoms with Crippen molar-refractivity contribution in [2.45, 2.75) is 0 Å². The van der Waals surface area contributed by atoms with Crippen LogP contribution >= 0.6 is 23.2 Å². The Balaban J connectivity index is 1.88. The maximum atomic E-state index is 12.3. The predicted octanol–water partition coefficient (Wildman–Crippen LogP) is 4.00. The fraction of sp³-hybridized carbons (Fsp3) is 0. The Labute approximate surface area is 147 Å². The van der Waals surface area contributed by atoms with Crippen molar-refractivity contribution in [3.05, 3.63) is 80.7 Å². The van der Waals surface area contributed by atoms with E-state index in [0.29, 0.717) is 21.6 Å². The Kier molecular flexibility index (Phi) is 4.64. The minimum absolute atomic E-state index is 0.120. The third-order valence-corrected chi connectivity index (χ3v) is 3.83. The molecule has 0 aliphatic rings. The van der Waals surface area contributed by atoms with Crippen LogP contribution in [0, 0.1) is 0 Å². The van der Waals surface area contributed by atoms with Gasteiger partial charge in [0.05, 0.1) is 10.7 Å². The highest BCUT2D eigenvalue weighted by atomic mass is 35.5. The molecule has 0 saturated carbocycles. The molecule has 2 aromatic carbocycles. The lowest BCUT2D eigenvalue weighted by molar-refractivity contribution is 0.102. The number of benzene rings is 2. The van der Waals surface area contributed by atoms with Crippen LogP contribution in [0.2, 0.25) is 10.0 Å². The second kappa shape index (κ2) is 6.86. The highest BCUT2D eigenvalue weighted by molar-refractivity contribution is 6.35. The van der Waals surface area contributed by atoms with Crippen molar-refractivity contribution in [1.29, 1.82) is 0 Å². The van der Waals surface area contributed by atoms with Crippen LogP contribution in [0.1, 0.15) is 10.4 Å². The normalized spacial score (nSPS) is 10.4. The van der Waals surface area contributed by atoms with Crippen molar-refractivity contribution in [3.63, 3.8) is 0 Å². The number of halogens is 2. The van der Waals surface area contributed by atoms with Gasteiger partial charge in [0.15, 0.2) is 0 Å². The molecule has 0 saturated heterocycles. The van der Waals surface area contributed by atoms with E-state index in [1.165, 1.54) is 12.3 Å². The van der Waals surface area contributed by atoms with E-state index in [1.807, 2.05) is 30.3 Å². The smallest absolute Gasteiger partial charge is 0.264 e. The lowest BCUT2D eigenvalue weighted by Crippen LogP contribution is -2.24. The highest BCUT2D eigenvalue weighted by Gasteiger charge is 2.14. The second-order valence-electron chi connectivity index (χ2n) is 4.92. The number of carbonyl (C=O) groups is 1. The number of nitrogens with zero attached hydrogens (tertiary/aromatic N) is 1. The van der Waals surface area contributed by atoms with Crippen LogP contribution in [0.4, 0.5) is 5.69 Å². The summed E-state index contributed by atoms with van der Waals surface area (Å²) in [5.74, 6) is -0.231. The third-order valence-electron chi connectivity index (χ3n) is 3.27. The molecule has 3 aromatic rings. The number of hydrogen-bond donors (Lipinski definition) is 2. The van der Waals surface area contributed by atoms with Crippen molar-refractivity contribution < 1.29 is 4.79 Å². The molecule has 0 bridgehead atoms. The number of H-pyrrole nitrogens is 1. The topological polar surface area (TPSA) is 74.8 Å². The molecular weight excluding hydrogens is 349 g/mol. The largest absolute Gasteiger partial charge is 0.320 e. The molecule has 1 aromatic heterocycles. The molecule has 3 rings (SSSR count). The molecular formula is C17H11Cl2N3O2. The van der Waals surface area contributed by atoms with Gasteiger partial charge in [-0.2, -0.15) is 0 Å². The lowest BCUT2D eigenvalue weighted by Gasteiger charge is -2.07. The maximum absolute atomic E-state index is 12.3. The summed E-state index contributed by atoms with van der Waals surface area (Å²) in [7, 11) is 0. The first-order valence-corrected chi connectivity index (χ1v) is 7.71. The predicted molar refractivity (Wildman–Crippen MR) is 94.7 cm³/mol. The van der Waals surface area contributed by atoms with Gasteiger partial charge in [-0.1, -0.05) is 53.5 Å². The van der Waals surface area contributed by atoms with Gasteiger partial charge < -0.3 is 10.3 Å². The van der Waals surface area contributed by atoms with E-state index < -0.39 is 11.5 Å². The number of nitrogens with one attached hydrogen (secondary N) is 2. The van der Waals surface area contributed by atoms with E-state index >= 15 is 0 Å². The van der Waals surface area contributed by atoms with Crippen LogP contribution in [-0.4, -0.2) is 15.9 Å². The van der Waals surface area contributed by atoms with Crippen molar-refractivity contribution in [1.82, 2.24) is 9.97 Å². The quantitative estimate of drug-likeness (QED) is 0.742. The molecule has 2 N–H and O–H groups in total. The van der Waals surface area contributed by atoms with E-state index in [2.05, 4.69) is 15.3 Å². The first-order chi connectivity index (χ1) is 11.5. The van der Waals surface area contributed by atoms with Crippen LogP contribution in [0.5, 0.6) is 0 Å². The zero-order valence-corrected chi connectivity index (χ0v) is 13.7. The second-order valence-corrected chi connectivity index (χ2v) is 5.76. The Morgan fingerprint density at radius 3 is 2.54 bits per heavy atom. The summed E-state index contributed by atoms with van der Waals surface area (Å²) < 4.78 is 0. The van der Waals surface area contributed by atoms with Crippen LogP contribution in [-0.2, 0) is 0 Å². The average Bonchev–Trinajstić information content (AvgIpc) is 2.58. The van der Waals surface area contributed by atoms with Gasteiger partial charge >= 0.3 is 0 Å². The van der Waals surface area contributed by atoms with Crippen LogP contribution in [0.15, 0.2) is 59.5 Å². The molecule has 0 radical (unpaired) electrons. The molecule has 0 spiro atoms. The van der Waals surface area contributed by atoms with E-state index in [9.17, 15) is 9.59 Å². The summed E-state index contributed by atoms with van der Waals surface area (Å²) in [5, 5.41) is 3.29. The van der Waals surface area contributed by atoms with E-state index in [0.717, 1.165) is 5.56 Å². The molecule has 0 unspecified atom stereocenters. The molecule has 7 heteroatoms. The van der Waals surface area contributed by atoms with Gasteiger partial charge in [-0.05, 0) is 18.2 Å². The number of carbonyl (C=O) groups excluding carboxylic acids is 1. The number of aromatic amines is 1.